The van der Waals surface area contributed by atoms with Crippen LogP contribution in [0.3, 0.4) is 0 Å². The molecule has 2 amide bonds. The van der Waals surface area contributed by atoms with Gasteiger partial charge in [0, 0.05) is 23.5 Å². The number of hydrogen-bond donors (Lipinski definition) is 2. The molecule has 1 aliphatic rings. The molecule has 1 atom stereocenters. The Morgan fingerprint density at radius 3 is 2.48 bits per heavy atom. The Balaban J connectivity index is 1.59. The lowest BCUT2D eigenvalue weighted by Crippen LogP contribution is -2.36. The number of amides is 2. The monoisotopic (exact) mass is 359 g/mol. The van der Waals surface area contributed by atoms with E-state index < -0.39 is 5.92 Å². The molecule has 1 fully saturated rings. The van der Waals surface area contributed by atoms with Gasteiger partial charge in [0.1, 0.15) is 5.82 Å². The summed E-state index contributed by atoms with van der Waals surface area (Å²) in [6.45, 7) is 0.342. The highest BCUT2D eigenvalue weighted by Crippen LogP contribution is 2.27. The number of hydrazine groups is 1. The van der Waals surface area contributed by atoms with Crippen molar-refractivity contribution in [3.63, 3.8) is 0 Å². The van der Waals surface area contributed by atoms with Crippen LogP contribution in [-0.4, -0.2) is 24.6 Å². The van der Waals surface area contributed by atoms with E-state index in [-0.39, 0.29) is 24.1 Å². The fourth-order valence-corrected chi connectivity index (χ4v) is 3.07. The highest BCUT2D eigenvalue weighted by atomic mass is 32.2. The molecule has 130 valence electrons. The zero-order valence-corrected chi connectivity index (χ0v) is 14.5. The first-order chi connectivity index (χ1) is 12.1. The number of halogens is 1. The third-order valence-electron chi connectivity index (χ3n) is 4.05. The van der Waals surface area contributed by atoms with E-state index in [9.17, 15) is 14.0 Å². The quantitative estimate of drug-likeness (QED) is 0.636. The van der Waals surface area contributed by atoms with E-state index in [1.54, 1.807) is 16.7 Å². The predicted octanol–water partition coefficient (Wildman–Crippen LogP) is 3.04. The Labute approximate surface area is 149 Å². The summed E-state index contributed by atoms with van der Waals surface area (Å²) in [4.78, 5) is 27.3. The van der Waals surface area contributed by atoms with E-state index in [1.165, 1.54) is 24.3 Å². The van der Waals surface area contributed by atoms with Crippen LogP contribution in [0.5, 0.6) is 0 Å². The van der Waals surface area contributed by atoms with Crippen molar-refractivity contribution in [1.29, 1.82) is 0 Å². The highest BCUT2D eigenvalue weighted by Gasteiger charge is 2.35. The molecule has 2 aromatic rings. The van der Waals surface area contributed by atoms with Crippen LogP contribution in [0.15, 0.2) is 53.4 Å². The third kappa shape index (κ3) is 4.11. The van der Waals surface area contributed by atoms with Gasteiger partial charge in [0.05, 0.1) is 11.6 Å². The summed E-state index contributed by atoms with van der Waals surface area (Å²) in [5.74, 6) is -1.11. The number of benzene rings is 2. The Morgan fingerprint density at radius 1 is 1.16 bits per heavy atom. The van der Waals surface area contributed by atoms with Gasteiger partial charge in [-0.2, -0.15) is 0 Å². The van der Waals surface area contributed by atoms with E-state index in [1.807, 2.05) is 30.5 Å². The summed E-state index contributed by atoms with van der Waals surface area (Å²) in [5.41, 5.74) is 6.68. The predicted molar refractivity (Wildman–Crippen MR) is 96.8 cm³/mol. The number of carbonyl (C=O) groups excluding carboxylic acids is 2. The average Bonchev–Trinajstić information content (AvgIpc) is 3.03. The van der Waals surface area contributed by atoms with Crippen LogP contribution in [0.4, 0.5) is 15.8 Å². The fraction of sp³-hybridized carbons (Fsp3) is 0.222. The molecule has 3 rings (SSSR count). The van der Waals surface area contributed by atoms with Crippen LogP contribution in [0.2, 0.25) is 0 Å². The molecule has 25 heavy (non-hydrogen) atoms. The maximum Gasteiger partial charge on any atom is 0.243 e. The van der Waals surface area contributed by atoms with E-state index in [0.29, 0.717) is 12.2 Å². The second-order valence-electron chi connectivity index (χ2n) is 5.72. The van der Waals surface area contributed by atoms with E-state index in [0.717, 1.165) is 10.6 Å². The molecule has 0 bridgehead atoms. The Hall–Kier alpha value is -2.54. The number of thioether (sulfide) groups is 1. The van der Waals surface area contributed by atoms with Gasteiger partial charge in [-0.3, -0.25) is 20.4 Å². The lowest BCUT2D eigenvalue weighted by molar-refractivity contribution is -0.125. The molecule has 1 saturated heterocycles. The van der Waals surface area contributed by atoms with Crippen molar-refractivity contribution in [3.8, 4) is 0 Å². The number of nitrogens with zero attached hydrogens (tertiary/aromatic N) is 1. The SMILES string of the molecule is CSc1ccc(N2C[C@@H](C(=O)NNc3ccc(F)cc3)CC2=O)cc1. The van der Waals surface area contributed by atoms with Gasteiger partial charge in [-0.05, 0) is 54.8 Å². The molecule has 2 aromatic carbocycles. The molecule has 0 saturated carbocycles. The van der Waals surface area contributed by atoms with Crippen molar-refractivity contribution in [2.24, 2.45) is 5.92 Å². The van der Waals surface area contributed by atoms with Crippen LogP contribution in [0, 0.1) is 11.7 Å². The fourth-order valence-electron chi connectivity index (χ4n) is 2.66. The van der Waals surface area contributed by atoms with Gasteiger partial charge in [-0.15, -0.1) is 11.8 Å². The standard InChI is InChI=1S/C18H18FN3O2S/c1-25-16-8-6-15(7-9-16)22-11-12(10-17(22)23)18(24)21-20-14-4-2-13(19)3-5-14/h2-9,12,20H,10-11H2,1H3,(H,21,24)/t12-/m0/s1. The lowest BCUT2D eigenvalue weighted by Gasteiger charge is -2.17. The molecule has 0 radical (unpaired) electrons. The van der Waals surface area contributed by atoms with Gasteiger partial charge in [0.25, 0.3) is 0 Å². The number of rotatable bonds is 5. The summed E-state index contributed by atoms with van der Waals surface area (Å²) in [5, 5.41) is 0. The Kier molecular flexibility index (Phi) is 5.23. The molecule has 2 N–H and O–H groups in total. The van der Waals surface area contributed by atoms with E-state index in [4.69, 9.17) is 0 Å². The number of anilines is 2. The molecule has 7 heteroatoms. The maximum atomic E-state index is 12.9. The molecule has 1 aliphatic heterocycles. The van der Waals surface area contributed by atoms with Gasteiger partial charge in [0.2, 0.25) is 11.8 Å². The minimum Gasteiger partial charge on any atom is -0.312 e. The van der Waals surface area contributed by atoms with Gasteiger partial charge in [0.15, 0.2) is 0 Å². The van der Waals surface area contributed by atoms with Crippen molar-refractivity contribution in [3.05, 3.63) is 54.3 Å². The molecule has 5 nitrogen and oxygen atoms in total. The topological polar surface area (TPSA) is 61.4 Å². The minimum atomic E-state index is -0.430. The average molecular weight is 359 g/mol. The molecule has 1 heterocycles. The van der Waals surface area contributed by atoms with Crippen LogP contribution in [0.1, 0.15) is 6.42 Å². The Morgan fingerprint density at radius 2 is 1.84 bits per heavy atom. The summed E-state index contributed by atoms with van der Waals surface area (Å²) < 4.78 is 12.9. The second kappa shape index (κ2) is 7.57. The Bertz CT molecular complexity index is 765. The smallest absolute Gasteiger partial charge is 0.243 e. The number of hydrogen-bond acceptors (Lipinski definition) is 4. The third-order valence-corrected chi connectivity index (χ3v) is 4.80. The van der Waals surface area contributed by atoms with E-state index >= 15 is 0 Å². The van der Waals surface area contributed by atoms with E-state index in [2.05, 4.69) is 10.9 Å². The zero-order chi connectivity index (χ0) is 17.8. The maximum absolute atomic E-state index is 12.9. The van der Waals surface area contributed by atoms with Crippen molar-refractivity contribution >= 4 is 35.0 Å². The normalized spacial score (nSPS) is 16.8. The minimum absolute atomic E-state index is 0.0705. The summed E-state index contributed by atoms with van der Waals surface area (Å²) >= 11 is 1.63. The van der Waals surface area contributed by atoms with Crippen molar-refractivity contribution in [1.82, 2.24) is 5.43 Å². The second-order valence-corrected chi connectivity index (χ2v) is 6.60. The van der Waals surface area contributed by atoms with Crippen LogP contribution in [0.25, 0.3) is 0 Å². The van der Waals surface area contributed by atoms with Crippen LogP contribution >= 0.6 is 11.8 Å². The largest absolute Gasteiger partial charge is 0.312 e. The molecule has 0 unspecified atom stereocenters. The highest BCUT2D eigenvalue weighted by molar-refractivity contribution is 7.98. The number of nitrogens with one attached hydrogen (secondary N) is 2. The molecule has 0 aromatic heterocycles. The van der Waals surface area contributed by atoms with Crippen molar-refractivity contribution < 1.29 is 14.0 Å². The molecule has 0 spiro atoms. The first kappa shape index (κ1) is 17.3. The van der Waals surface area contributed by atoms with Gasteiger partial charge >= 0.3 is 0 Å². The lowest BCUT2D eigenvalue weighted by atomic mass is 10.1. The zero-order valence-electron chi connectivity index (χ0n) is 13.7. The summed E-state index contributed by atoms with van der Waals surface area (Å²) in [6.07, 6.45) is 2.16. The molecular weight excluding hydrogens is 341 g/mol. The van der Waals surface area contributed by atoms with Crippen LogP contribution < -0.4 is 15.8 Å². The van der Waals surface area contributed by atoms with Crippen molar-refractivity contribution in [2.75, 3.05) is 23.1 Å². The first-order valence-electron chi connectivity index (χ1n) is 7.82. The van der Waals surface area contributed by atoms with Gasteiger partial charge < -0.3 is 4.90 Å². The van der Waals surface area contributed by atoms with Crippen LogP contribution in [-0.2, 0) is 9.59 Å². The molecule has 0 aliphatic carbocycles. The van der Waals surface area contributed by atoms with Gasteiger partial charge in [-0.25, -0.2) is 4.39 Å². The van der Waals surface area contributed by atoms with Gasteiger partial charge in [-0.1, -0.05) is 0 Å². The molecular formula is C18H18FN3O2S. The first-order valence-corrected chi connectivity index (χ1v) is 9.05. The summed E-state index contributed by atoms with van der Waals surface area (Å²) in [7, 11) is 0. The number of carbonyl (C=O) groups is 2. The van der Waals surface area contributed by atoms with Crippen molar-refractivity contribution in [2.45, 2.75) is 11.3 Å². The summed E-state index contributed by atoms with van der Waals surface area (Å²) in [6, 6.07) is 13.3.